The molecule has 1 amide bonds. The Balaban J connectivity index is 1.79. The van der Waals surface area contributed by atoms with Gasteiger partial charge in [0, 0.05) is 13.0 Å². The molecule has 8 heteroatoms. The van der Waals surface area contributed by atoms with Crippen LogP contribution < -0.4 is 21.1 Å². The number of carbonyl (C=O) groups is 1. The van der Waals surface area contributed by atoms with Crippen LogP contribution in [0.1, 0.15) is 11.7 Å². The van der Waals surface area contributed by atoms with Gasteiger partial charge in [0.1, 0.15) is 5.75 Å². The second-order valence-electron chi connectivity index (χ2n) is 4.36. The predicted octanol–water partition coefficient (Wildman–Crippen LogP) is 0.903. The number of nitrogens with two attached hydrogens (primary N) is 1. The number of nitrogens with one attached hydrogen (secondary N) is 2. The highest BCUT2D eigenvalue weighted by Crippen LogP contribution is 2.35. The van der Waals surface area contributed by atoms with Crippen molar-refractivity contribution in [1.82, 2.24) is 10.1 Å². The summed E-state index contributed by atoms with van der Waals surface area (Å²) >= 11 is 0. The fourth-order valence-electron chi connectivity index (χ4n) is 1.88. The van der Waals surface area contributed by atoms with Gasteiger partial charge in [-0.1, -0.05) is 5.16 Å². The Labute approximate surface area is 114 Å². The van der Waals surface area contributed by atoms with Gasteiger partial charge in [0.15, 0.2) is 12.4 Å². The molecule has 104 valence electrons. The first-order valence-electron chi connectivity index (χ1n) is 6.01. The molecule has 2 aromatic rings. The zero-order valence-corrected chi connectivity index (χ0v) is 10.8. The molecule has 1 aliphatic rings. The molecule has 20 heavy (non-hydrogen) atoms. The summed E-state index contributed by atoms with van der Waals surface area (Å²) in [5.74, 6) is 1.39. The minimum absolute atomic E-state index is 0.00134. The summed E-state index contributed by atoms with van der Waals surface area (Å²) < 4.78 is 10.2. The maximum absolute atomic E-state index is 11.3. The van der Waals surface area contributed by atoms with Crippen molar-refractivity contribution < 1.29 is 14.1 Å². The molecule has 4 N–H and O–H groups in total. The Kier molecular flexibility index (Phi) is 2.90. The molecular formula is C12H13N5O3. The number of nitrogen functional groups attached to an aromatic ring is 1. The lowest BCUT2D eigenvalue weighted by atomic mass is 10.2. The van der Waals surface area contributed by atoms with Crippen LogP contribution in [0.25, 0.3) is 0 Å². The molecule has 3 rings (SSSR count). The number of nitrogens with zero attached hydrogens (tertiary/aromatic N) is 2. The molecule has 1 aliphatic heterocycles. The lowest BCUT2D eigenvalue weighted by Crippen LogP contribution is -2.25. The van der Waals surface area contributed by atoms with E-state index in [1.165, 1.54) is 0 Å². The SMILES string of the molecule is Cc1nc(CNc2cc3c(cc2N)OCC(=O)N3)no1. The van der Waals surface area contributed by atoms with Crippen LogP contribution >= 0.6 is 0 Å². The molecule has 0 atom stereocenters. The molecular weight excluding hydrogens is 262 g/mol. The number of anilines is 3. The van der Waals surface area contributed by atoms with Gasteiger partial charge < -0.3 is 25.6 Å². The quantitative estimate of drug-likeness (QED) is 0.713. The van der Waals surface area contributed by atoms with Gasteiger partial charge in [-0.05, 0) is 6.07 Å². The molecule has 8 nitrogen and oxygen atoms in total. The van der Waals surface area contributed by atoms with Crippen molar-refractivity contribution in [2.24, 2.45) is 0 Å². The zero-order valence-electron chi connectivity index (χ0n) is 10.8. The molecule has 0 fully saturated rings. The smallest absolute Gasteiger partial charge is 0.262 e. The van der Waals surface area contributed by atoms with Gasteiger partial charge >= 0.3 is 0 Å². The Morgan fingerprint density at radius 1 is 1.50 bits per heavy atom. The van der Waals surface area contributed by atoms with E-state index in [-0.39, 0.29) is 12.5 Å². The van der Waals surface area contributed by atoms with Crippen molar-refractivity contribution in [3.63, 3.8) is 0 Å². The average molecular weight is 275 g/mol. The van der Waals surface area contributed by atoms with Crippen molar-refractivity contribution in [2.75, 3.05) is 23.0 Å². The van der Waals surface area contributed by atoms with Crippen LogP contribution in [0.3, 0.4) is 0 Å². The Bertz CT molecular complexity index is 667. The van der Waals surface area contributed by atoms with Crippen LogP contribution in [0.2, 0.25) is 0 Å². The van der Waals surface area contributed by atoms with Gasteiger partial charge in [-0.2, -0.15) is 4.98 Å². The predicted molar refractivity (Wildman–Crippen MR) is 71.3 cm³/mol. The van der Waals surface area contributed by atoms with E-state index in [4.69, 9.17) is 15.0 Å². The second kappa shape index (κ2) is 4.72. The van der Waals surface area contributed by atoms with Gasteiger partial charge in [-0.3, -0.25) is 4.79 Å². The minimum atomic E-state index is -0.193. The zero-order chi connectivity index (χ0) is 14.1. The van der Waals surface area contributed by atoms with E-state index in [1.54, 1.807) is 19.1 Å². The molecule has 0 unspecified atom stereocenters. The fourth-order valence-corrected chi connectivity index (χ4v) is 1.88. The summed E-state index contributed by atoms with van der Waals surface area (Å²) in [6.45, 7) is 2.09. The number of fused-ring (bicyclic) bond motifs is 1. The number of amides is 1. The highest BCUT2D eigenvalue weighted by Gasteiger charge is 2.18. The number of aryl methyl sites for hydroxylation is 1. The summed E-state index contributed by atoms with van der Waals surface area (Å²) in [5.41, 5.74) is 7.69. The third kappa shape index (κ3) is 2.35. The highest BCUT2D eigenvalue weighted by atomic mass is 16.5. The summed E-state index contributed by atoms with van der Waals surface area (Å²) in [6.07, 6.45) is 0. The second-order valence-corrected chi connectivity index (χ2v) is 4.36. The monoisotopic (exact) mass is 275 g/mol. The van der Waals surface area contributed by atoms with Gasteiger partial charge in [0.2, 0.25) is 5.89 Å². The third-order valence-electron chi connectivity index (χ3n) is 2.79. The van der Waals surface area contributed by atoms with Gasteiger partial charge in [0.25, 0.3) is 5.91 Å². The van der Waals surface area contributed by atoms with E-state index in [2.05, 4.69) is 20.8 Å². The van der Waals surface area contributed by atoms with E-state index in [0.29, 0.717) is 41.1 Å². The van der Waals surface area contributed by atoms with Crippen LogP contribution in [-0.4, -0.2) is 22.7 Å². The molecule has 1 aromatic heterocycles. The highest BCUT2D eigenvalue weighted by molar-refractivity contribution is 5.97. The first-order chi connectivity index (χ1) is 9.61. The number of carbonyl (C=O) groups excluding carboxylic acids is 1. The minimum Gasteiger partial charge on any atom is -0.482 e. The molecule has 2 heterocycles. The molecule has 0 bridgehead atoms. The summed E-state index contributed by atoms with van der Waals surface area (Å²) in [7, 11) is 0. The normalized spacial score (nSPS) is 13.3. The summed E-state index contributed by atoms with van der Waals surface area (Å²) in [5, 5.41) is 9.59. The maximum Gasteiger partial charge on any atom is 0.262 e. The maximum atomic E-state index is 11.3. The van der Waals surface area contributed by atoms with E-state index in [0.717, 1.165) is 0 Å². The number of rotatable bonds is 3. The topological polar surface area (TPSA) is 115 Å². The van der Waals surface area contributed by atoms with Crippen molar-refractivity contribution in [3.8, 4) is 5.75 Å². The standard InChI is InChI=1S/C12H13N5O3/c1-6-15-11(17-20-6)4-14-8-3-9-10(2-7(8)13)19-5-12(18)16-9/h2-3,14H,4-5,13H2,1H3,(H,16,18). The van der Waals surface area contributed by atoms with E-state index < -0.39 is 0 Å². The van der Waals surface area contributed by atoms with Crippen LogP contribution in [-0.2, 0) is 11.3 Å². The first-order valence-corrected chi connectivity index (χ1v) is 6.01. The molecule has 0 aliphatic carbocycles. The number of ether oxygens (including phenoxy) is 1. The number of aromatic nitrogens is 2. The Morgan fingerprint density at radius 2 is 2.35 bits per heavy atom. The van der Waals surface area contributed by atoms with Gasteiger partial charge in [0.05, 0.1) is 23.6 Å². The lowest BCUT2D eigenvalue weighted by molar-refractivity contribution is -0.118. The Morgan fingerprint density at radius 3 is 3.10 bits per heavy atom. The molecule has 0 saturated heterocycles. The van der Waals surface area contributed by atoms with Gasteiger partial charge in [-0.25, -0.2) is 0 Å². The van der Waals surface area contributed by atoms with E-state index in [9.17, 15) is 4.79 Å². The van der Waals surface area contributed by atoms with E-state index >= 15 is 0 Å². The number of benzene rings is 1. The molecule has 0 saturated carbocycles. The lowest BCUT2D eigenvalue weighted by Gasteiger charge is -2.20. The Hall–Kier alpha value is -2.77. The fraction of sp³-hybridized carbons (Fsp3) is 0.250. The number of hydrogen-bond donors (Lipinski definition) is 3. The largest absolute Gasteiger partial charge is 0.482 e. The van der Waals surface area contributed by atoms with Gasteiger partial charge in [-0.15, -0.1) is 0 Å². The van der Waals surface area contributed by atoms with Crippen molar-refractivity contribution in [2.45, 2.75) is 13.5 Å². The average Bonchev–Trinajstić information content (AvgIpc) is 2.83. The third-order valence-corrected chi connectivity index (χ3v) is 2.79. The van der Waals surface area contributed by atoms with Crippen molar-refractivity contribution in [3.05, 3.63) is 23.8 Å². The van der Waals surface area contributed by atoms with Crippen LogP contribution in [0.4, 0.5) is 17.1 Å². The van der Waals surface area contributed by atoms with Crippen LogP contribution in [0, 0.1) is 6.92 Å². The van der Waals surface area contributed by atoms with Crippen LogP contribution in [0.15, 0.2) is 16.7 Å². The van der Waals surface area contributed by atoms with Crippen molar-refractivity contribution in [1.29, 1.82) is 0 Å². The van der Waals surface area contributed by atoms with Crippen LogP contribution in [0.5, 0.6) is 5.75 Å². The van der Waals surface area contributed by atoms with Crippen molar-refractivity contribution >= 4 is 23.0 Å². The molecule has 0 radical (unpaired) electrons. The first kappa shape index (κ1) is 12.3. The molecule has 0 spiro atoms. The number of hydrogen-bond acceptors (Lipinski definition) is 7. The summed E-state index contributed by atoms with van der Waals surface area (Å²) in [4.78, 5) is 15.4. The summed E-state index contributed by atoms with van der Waals surface area (Å²) in [6, 6.07) is 3.38. The molecule has 1 aromatic carbocycles. The van der Waals surface area contributed by atoms with E-state index in [1.807, 2.05) is 0 Å².